The Morgan fingerprint density at radius 3 is 1.64 bits per heavy atom. The van der Waals surface area contributed by atoms with Gasteiger partial charge in [0.15, 0.2) is 5.58 Å². The van der Waals surface area contributed by atoms with E-state index in [1.165, 1.54) is 38.2 Å². The summed E-state index contributed by atoms with van der Waals surface area (Å²) in [6.07, 6.45) is 1.92. The largest absolute Gasteiger partial charge is 0.436 e. The van der Waals surface area contributed by atoms with Crippen molar-refractivity contribution < 1.29 is 4.42 Å². The van der Waals surface area contributed by atoms with Gasteiger partial charge in [0.2, 0.25) is 5.89 Å². The molecule has 8 rings (SSSR count). The van der Waals surface area contributed by atoms with Gasteiger partial charge in [0.1, 0.15) is 5.52 Å². The van der Waals surface area contributed by atoms with Gasteiger partial charge in [0.05, 0.1) is 5.52 Å². The minimum Gasteiger partial charge on any atom is -0.436 e. The topological polar surface area (TPSA) is 38.9 Å². The SMILES string of the molecule is c1ccc2oc(-c3ccc(-c4c5ccccc5c(-c5ccnc6ccccc56)c5ccccc45)cc3)nc2c1. The highest BCUT2D eigenvalue weighted by molar-refractivity contribution is 6.23. The number of fused-ring (bicyclic) bond motifs is 4. The van der Waals surface area contributed by atoms with Crippen LogP contribution in [0.2, 0.25) is 0 Å². The maximum absolute atomic E-state index is 6.02. The fraction of sp³-hybridized carbons (Fsp3) is 0. The summed E-state index contributed by atoms with van der Waals surface area (Å²) >= 11 is 0. The monoisotopic (exact) mass is 498 g/mol. The van der Waals surface area contributed by atoms with Crippen LogP contribution in [0.3, 0.4) is 0 Å². The molecule has 0 fully saturated rings. The van der Waals surface area contributed by atoms with Crippen LogP contribution in [-0.2, 0) is 0 Å². The van der Waals surface area contributed by atoms with E-state index in [2.05, 4.69) is 107 Å². The number of rotatable bonds is 3. The molecule has 0 unspecified atom stereocenters. The van der Waals surface area contributed by atoms with Crippen molar-refractivity contribution in [1.82, 2.24) is 9.97 Å². The molecule has 0 saturated heterocycles. The smallest absolute Gasteiger partial charge is 0.227 e. The van der Waals surface area contributed by atoms with Crippen LogP contribution in [0.5, 0.6) is 0 Å². The maximum atomic E-state index is 6.02. The molecule has 0 bridgehead atoms. The number of hydrogen-bond acceptors (Lipinski definition) is 3. The second kappa shape index (κ2) is 8.64. The molecule has 8 aromatic rings. The van der Waals surface area contributed by atoms with Crippen LogP contribution < -0.4 is 0 Å². The first kappa shape index (κ1) is 21.8. The molecule has 0 amide bonds. The van der Waals surface area contributed by atoms with Gasteiger partial charge in [-0.15, -0.1) is 0 Å². The van der Waals surface area contributed by atoms with Crippen molar-refractivity contribution in [2.75, 3.05) is 0 Å². The minimum absolute atomic E-state index is 0.636. The van der Waals surface area contributed by atoms with Crippen LogP contribution in [-0.4, -0.2) is 9.97 Å². The highest BCUT2D eigenvalue weighted by Crippen LogP contribution is 2.45. The Balaban J connectivity index is 1.38. The highest BCUT2D eigenvalue weighted by atomic mass is 16.3. The summed E-state index contributed by atoms with van der Waals surface area (Å²) in [4.78, 5) is 9.31. The van der Waals surface area contributed by atoms with Crippen LogP contribution in [0.25, 0.3) is 77.3 Å². The molecule has 0 aliphatic rings. The van der Waals surface area contributed by atoms with Crippen molar-refractivity contribution in [2.24, 2.45) is 0 Å². The molecule has 0 spiro atoms. The molecule has 0 radical (unpaired) electrons. The fourth-order valence-electron chi connectivity index (χ4n) is 5.82. The van der Waals surface area contributed by atoms with Gasteiger partial charge in [-0.05, 0) is 80.2 Å². The third kappa shape index (κ3) is 3.44. The Morgan fingerprint density at radius 1 is 0.436 bits per heavy atom. The third-order valence-corrected chi connectivity index (χ3v) is 7.56. The Bertz CT molecular complexity index is 2080. The molecule has 2 heterocycles. The quantitative estimate of drug-likeness (QED) is 0.228. The Labute approximate surface area is 225 Å². The number of pyridine rings is 1. The van der Waals surface area contributed by atoms with Gasteiger partial charge in [-0.2, -0.15) is 0 Å². The number of oxazole rings is 1. The lowest BCUT2D eigenvalue weighted by atomic mass is 9.85. The highest BCUT2D eigenvalue weighted by Gasteiger charge is 2.18. The predicted molar refractivity (Wildman–Crippen MR) is 161 cm³/mol. The number of aromatic nitrogens is 2. The minimum atomic E-state index is 0.636. The Hall–Kier alpha value is -5.28. The first-order valence-electron chi connectivity index (χ1n) is 13.1. The zero-order chi connectivity index (χ0) is 25.8. The van der Waals surface area contributed by atoms with E-state index in [1.807, 2.05) is 36.5 Å². The molecule has 0 saturated carbocycles. The Kier molecular flexibility index (Phi) is 4.82. The summed E-state index contributed by atoms with van der Waals surface area (Å²) in [7, 11) is 0. The van der Waals surface area contributed by atoms with Crippen molar-refractivity contribution in [2.45, 2.75) is 0 Å². The number of benzene rings is 6. The van der Waals surface area contributed by atoms with Crippen molar-refractivity contribution in [3.63, 3.8) is 0 Å². The number of hydrogen-bond donors (Lipinski definition) is 0. The third-order valence-electron chi connectivity index (χ3n) is 7.56. The van der Waals surface area contributed by atoms with Crippen LogP contribution in [0.4, 0.5) is 0 Å². The van der Waals surface area contributed by atoms with Gasteiger partial charge in [-0.3, -0.25) is 4.98 Å². The summed E-state index contributed by atoms with van der Waals surface area (Å²) in [5, 5.41) is 6.06. The van der Waals surface area contributed by atoms with E-state index in [1.54, 1.807) is 0 Å². The van der Waals surface area contributed by atoms with Gasteiger partial charge in [0, 0.05) is 17.1 Å². The van der Waals surface area contributed by atoms with Gasteiger partial charge >= 0.3 is 0 Å². The molecule has 0 aliphatic heterocycles. The molecule has 0 atom stereocenters. The summed E-state index contributed by atoms with van der Waals surface area (Å²) in [5.41, 5.74) is 8.46. The van der Waals surface area contributed by atoms with E-state index in [0.717, 1.165) is 33.1 Å². The van der Waals surface area contributed by atoms with Gasteiger partial charge in [-0.1, -0.05) is 91.0 Å². The molecule has 6 aromatic carbocycles. The maximum Gasteiger partial charge on any atom is 0.227 e. The molecule has 0 aliphatic carbocycles. The molecule has 2 aromatic heterocycles. The number of para-hydroxylation sites is 3. The van der Waals surface area contributed by atoms with E-state index in [-0.39, 0.29) is 0 Å². The van der Waals surface area contributed by atoms with E-state index in [4.69, 9.17) is 4.42 Å². The fourth-order valence-corrected chi connectivity index (χ4v) is 5.82. The molecule has 3 heteroatoms. The summed E-state index contributed by atoms with van der Waals surface area (Å²) in [6.45, 7) is 0. The van der Waals surface area contributed by atoms with Gasteiger partial charge < -0.3 is 4.42 Å². The van der Waals surface area contributed by atoms with Crippen LogP contribution >= 0.6 is 0 Å². The average molecular weight is 499 g/mol. The van der Waals surface area contributed by atoms with E-state index < -0.39 is 0 Å². The van der Waals surface area contributed by atoms with Crippen molar-refractivity contribution >= 4 is 43.5 Å². The molecular weight excluding hydrogens is 476 g/mol. The van der Waals surface area contributed by atoms with E-state index >= 15 is 0 Å². The van der Waals surface area contributed by atoms with E-state index in [9.17, 15) is 0 Å². The van der Waals surface area contributed by atoms with Crippen molar-refractivity contribution in [3.8, 4) is 33.7 Å². The van der Waals surface area contributed by atoms with Crippen molar-refractivity contribution in [3.05, 3.63) is 134 Å². The standard InChI is InChI=1S/C36H22N2O/c1-3-12-28-26(10-1)34(23-17-19-24(20-18-23)36-38-32-15-7-8-16-33(32)39-36)27-11-2-4-13-29(27)35(28)30-21-22-37-31-14-6-5-9-25(30)31/h1-22H. The van der Waals surface area contributed by atoms with Gasteiger partial charge in [-0.25, -0.2) is 4.98 Å². The zero-order valence-electron chi connectivity index (χ0n) is 21.0. The predicted octanol–water partition coefficient (Wildman–Crippen LogP) is 9.68. The normalized spacial score (nSPS) is 11.6. The summed E-state index contributed by atoms with van der Waals surface area (Å²) in [5.74, 6) is 0.636. The van der Waals surface area contributed by atoms with Crippen LogP contribution in [0, 0.1) is 0 Å². The number of nitrogens with zero attached hydrogens (tertiary/aromatic N) is 2. The lowest BCUT2D eigenvalue weighted by Gasteiger charge is -2.18. The molecule has 39 heavy (non-hydrogen) atoms. The molecular formula is C36H22N2O. The summed E-state index contributed by atoms with van der Waals surface area (Å²) < 4.78 is 6.02. The first-order chi connectivity index (χ1) is 19.3. The lowest BCUT2D eigenvalue weighted by molar-refractivity contribution is 0.620. The first-order valence-corrected chi connectivity index (χ1v) is 13.1. The zero-order valence-corrected chi connectivity index (χ0v) is 21.0. The average Bonchev–Trinajstić information content (AvgIpc) is 3.44. The van der Waals surface area contributed by atoms with Crippen LogP contribution in [0.15, 0.2) is 138 Å². The lowest BCUT2D eigenvalue weighted by Crippen LogP contribution is -1.92. The van der Waals surface area contributed by atoms with Gasteiger partial charge in [0.25, 0.3) is 0 Å². The van der Waals surface area contributed by atoms with Crippen LogP contribution in [0.1, 0.15) is 0 Å². The second-order valence-corrected chi connectivity index (χ2v) is 9.78. The molecule has 3 nitrogen and oxygen atoms in total. The van der Waals surface area contributed by atoms with Crippen molar-refractivity contribution in [1.29, 1.82) is 0 Å². The molecule has 0 N–H and O–H groups in total. The second-order valence-electron chi connectivity index (χ2n) is 9.78. The summed E-state index contributed by atoms with van der Waals surface area (Å²) in [6, 6.07) is 44.4. The van der Waals surface area contributed by atoms with E-state index in [0.29, 0.717) is 5.89 Å². The molecule has 182 valence electrons. The Morgan fingerprint density at radius 2 is 0.974 bits per heavy atom.